The molecule has 0 spiro atoms. The molecule has 0 N–H and O–H groups in total. The van der Waals surface area contributed by atoms with Gasteiger partial charge in [0.2, 0.25) is 0 Å². The first-order valence-electron chi connectivity index (χ1n) is 6.81. The van der Waals surface area contributed by atoms with Gasteiger partial charge >= 0.3 is 0 Å². The van der Waals surface area contributed by atoms with Crippen LogP contribution in [0.5, 0.6) is 0 Å². The molecular formula is C17H14O2S4. The number of hydrogen-bond donors (Lipinski definition) is 0. The van der Waals surface area contributed by atoms with Crippen LogP contribution in [-0.2, 0) is 9.84 Å². The van der Waals surface area contributed by atoms with Crippen molar-refractivity contribution in [2.24, 2.45) is 0 Å². The van der Waals surface area contributed by atoms with Crippen LogP contribution in [-0.4, -0.2) is 14.7 Å². The summed E-state index contributed by atoms with van der Waals surface area (Å²) in [6.45, 7) is 0. The Hall–Kier alpha value is -1.34. The van der Waals surface area contributed by atoms with E-state index in [0.717, 1.165) is 9.75 Å². The molecule has 118 valence electrons. The third-order valence-corrected chi connectivity index (χ3v) is 8.00. The molecule has 0 saturated carbocycles. The molecule has 0 bridgehead atoms. The molecule has 2 nitrogen and oxygen atoms in total. The van der Waals surface area contributed by atoms with Gasteiger partial charge in [-0.15, -0.1) is 22.7 Å². The Balaban J connectivity index is 1.70. The fourth-order valence-electron chi connectivity index (χ4n) is 1.87. The predicted molar refractivity (Wildman–Crippen MR) is 101 cm³/mol. The second-order valence-electron chi connectivity index (χ2n) is 4.83. The Labute approximate surface area is 148 Å². The van der Waals surface area contributed by atoms with Gasteiger partial charge < -0.3 is 0 Å². The lowest BCUT2D eigenvalue weighted by Crippen LogP contribution is -1.91. The van der Waals surface area contributed by atoms with Crippen LogP contribution in [0, 0.1) is 0 Å². The topological polar surface area (TPSA) is 34.1 Å². The largest absolute Gasteiger partial charge is 0.223 e. The summed E-state index contributed by atoms with van der Waals surface area (Å²) in [5.74, 6) is 0. The van der Waals surface area contributed by atoms with Crippen molar-refractivity contribution >= 4 is 56.4 Å². The molecule has 0 aliphatic rings. The summed E-state index contributed by atoms with van der Waals surface area (Å²) in [6.07, 6.45) is 5.22. The maximum Gasteiger partial charge on any atom is 0.184 e. The summed E-state index contributed by atoms with van der Waals surface area (Å²) in [5.41, 5.74) is 0. The molecule has 3 rings (SSSR count). The Kier molecular flexibility index (Phi) is 5.06. The van der Waals surface area contributed by atoms with Crippen molar-refractivity contribution in [2.45, 2.75) is 13.3 Å². The van der Waals surface area contributed by atoms with E-state index < -0.39 is 9.84 Å². The molecule has 0 radical (unpaired) electrons. The molecule has 6 heteroatoms. The van der Waals surface area contributed by atoms with Crippen molar-refractivity contribution in [3.63, 3.8) is 0 Å². The first-order valence-corrected chi connectivity index (χ1v) is 11.2. The summed E-state index contributed by atoms with van der Waals surface area (Å²) in [6, 6.07) is 18.0. The molecule has 23 heavy (non-hydrogen) atoms. The molecule has 0 aliphatic heterocycles. The van der Waals surface area contributed by atoms with E-state index in [9.17, 15) is 8.42 Å². The second-order valence-corrected chi connectivity index (χ2v) is 10.7. The molecule has 1 aromatic carbocycles. The minimum atomic E-state index is -3.11. The summed E-state index contributed by atoms with van der Waals surface area (Å²) < 4.78 is 24.6. The predicted octanol–water partition coefficient (Wildman–Crippen LogP) is 5.53. The molecule has 0 amide bonds. The van der Waals surface area contributed by atoms with Crippen molar-refractivity contribution in [3.05, 3.63) is 64.4 Å². The van der Waals surface area contributed by atoms with Gasteiger partial charge in [0.15, 0.2) is 9.84 Å². The molecule has 0 saturated heterocycles. The zero-order chi connectivity index (χ0) is 16.3. The highest BCUT2D eigenvalue weighted by Crippen LogP contribution is 2.34. The maximum absolute atomic E-state index is 11.5. The van der Waals surface area contributed by atoms with Gasteiger partial charge in [-0.2, -0.15) is 0 Å². The van der Waals surface area contributed by atoms with Crippen LogP contribution in [0.2, 0.25) is 0 Å². The summed E-state index contributed by atoms with van der Waals surface area (Å²) in [5, 5.41) is 0. The maximum atomic E-state index is 11.5. The quantitative estimate of drug-likeness (QED) is 0.585. The van der Waals surface area contributed by atoms with E-state index in [-0.39, 0.29) is 0 Å². The number of sulfone groups is 1. The van der Waals surface area contributed by atoms with Gasteiger partial charge in [0.25, 0.3) is 0 Å². The standard InChI is InChI=1S/C17H14O2S4/c1-23(18,19)17-12-10-15(22-17)8-7-14-9-11-16(21-14)20-13-5-3-2-4-6-13/h2-12H,1H3/b8-7+. The minimum Gasteiger partial charge on any atom is -0.223 e. The number of rotatable bonds is 5. The third-order valence-electron chi connectivity index (χ3n) is 2.94. The lowest BCUT2D eigenvalue weighted by atomic mass is 10.4. The lowest BCUT2D eigenvalue weighted by molar-refractivity contribution is 0.604. The summed E-state index contributed by atoms with van der Waals surface area (Å²) >= 11 is 4.76. The Morgan fingerprint density at radius 2 is 1.52 bits per heavy atom. The first-order chi connectivity index (χ1) is 11.0. The van der Waals surface area contributed by atoms with E-state index in [1.165, 1.54) is 26.7 Å². The van der Waals surface area contributed by atoms with Gasteiger partial charge in [-0.1, -0.05) is 30.0 Å². The Morgan fingerprint density at radius 1 is 0.870 bits per heavy atom. The van der Waals surface area contributed by atoms with Crippen molar-refractivity contribution < 1.29 is 8.42 Å². The summed E-state index contributed by atoms with van der Waals surface area (Å²) in [7, 11) is -3.11. The molecule has 0 unspecified atom stereocenters. The van der Waals surface area contributed by atoms with Crippen LogP contribution >= 0.6 is 34.4 Å². The fourth-order valence-corrected chi connectivity index (χ4v) is 5.77. The van der Waals surface area contributed by atoms with Crippen molar-refractivity contribution in [2.75, 3.05) is 6.26 Å². The summed E-state index contributed by atoms with van der Waals surface area (Å²) in [4.78, 5) is 3.31. The SMILES string of the molecule is CS(=O)(=O)c1ccc(/C=C/c2ccc(Sc3ccccc3)s2)s1. The zero-order valence-corrected chi connectivity index (χ0v) is 15.6. The fraction of sp³-hybridized carbons (Fsp3) is 0.0588. The van der Waals surface area contributed by atoms with E-state index in [1.807, 2.05) is 36.4 Å². The first kappa shape index (κ1) is 16.5. The van der Waals surface area contributed by atoms with Gasteiger partial charge in [-0.25, -0.2) is 8.42 Å². The highest BCUT2D eigenvalue weighted by atomic mass is 32.2. The van der Waals surface area contributed by atoms with E-state index in [1.54, 1.807) is 29.2 Å². The van der Waals surface area contributed by atoms with Crippen LogP contribution in [0.25, 0.3) is 12.2 Å². The molecule has 2 aromatic heterocycles. The van der Waals surface area contributed by atoms with E-state index in [4.69, 9.17) is 0 Å². The average molecular weight is 379 g/mol. The highest BCUT2D eigenvalue weighted by molar-refractivity contribution is 8.01. The number of hydrogen-bond acceptors (Lipinski definition) is 5. The lowest BCUT2D eigenvalue weighted by Gasteiger charge is -1.96. The van der Waals surface area contributed by atoms with Crippen LogP contribution in [0.4, 0.5) is 0 Å². The third kappa shape index (κ3) is 4.57. The van der Waals surface area contributed by atoms with E-state index in [0.29, 0.717) is 4.21 Å². The Morgan fingerprint density at radius 3 is 2.17 bits per heavy atom. The molecule has 0 fully saturated rings. The Bertz CT molecular complexity index is 918. The van der Waals surface area contributed by atoms with E-state index in [2.05, 4.69) is 24.3 Å². The normalized spacial score (nSPS) is 12.0. The smallest absolute Gasteiger partial charge is 0.184 e. The molecule has 2 heterocycles. The van der Waals surface area contributed by atoms with E-state index >= 15 is 0 Å². The van der Waals surface area contributed by atoms with Crippen LogP contribution in [0.15, 0.2) is 67.9 Å². The van der Waals surface area contributed by atoms with Crippen molar-refractivity contribution in [1.29, 1.82) is 0 Å². The molecule has 0 atom stereocenters. The van der Waals surface area contributed by atoms with Crippen molar-refractivity contribution in [1.82, 2.24) is 0 Å². The van der Waals surface area contributed by atoms with Gasteiger partial charge in [-0.05, 0) is 48.6 Å². The van der Waals surface area contributed by atoms with Crippen LogP contribution < -0.4 is 0 Å². The van der Waals surface area contributed by atoms with Crippen LogP contribution in [0.3, 0.4) is 0 Å². The minimum absolute atomic E-state index is 0.406. The van der Waals surface area contributed by atoms with Gasteiger partial charge in [0.1, 0.15) is 4.21 Å². The molecule has 0 aliphatic carbocycles. The number of benzene rings is 1. The van der Waals surface area contributed by atoms with Gasteiger partial charge in [0.05, 0.1) is 4.21 Å². The monoisotopic (exact) mass is 378 g/mol. The van der Waals surface area contributed by atoms with Crippen molar-refractivity contribution in [3.8, 4) is 0 Å². The highest BCUT2D eigenvalue weighted by Gasteiger charge is 2.09. The van der Waals surface area contributed by atoms with Gasteiger partial charge in [0, 0.05) is 20.9 Å². The molecule has 3 aromatic rings. The van der Waals surface area contributed by atoms with Crippen LogP contribution in [0.1, 0.15) is 9.75 Å². The second kappa shape index (κ2) is 7.05. The zero-order valence-electron chi connectivity index (χ0n) is 12.3. The average Bonchev–Trinajstić information content (AvgIpc) is 3.15. The van der Waals surface area contributed by atoms with Gasteiger partial charge in [-0.3, -0.25) is 0 Å². The molecular weight excluding hydrogens is 364 g/mol. The number of thiophene rings is 2.